The van der Waals surface area contributed by atoms with Crippen molar-refractivity contribution in [1.29, 1.82) is 0 Å². The van der Waals surface area contributed by atoms with Crippen LogP contribution in [0.5, 0.6) is 5.75 Å². The summed E-state index contributed by atoms with van der Waals surface area (Å²) < 4.78 is 0. The van der Waals surface area contributed by atoms with Gasteiger partial charge in [0, 0.05) is 82.2 Å². The summed E-state index contributed by atoms with van der Waals surface area (Å²) in [5, 5.41) is 13.3. The molecular formula is C20H12NO3Y2-. The summed E-state index contributed by atoms with van der Waals surface area (Å²) >= 11 is 0. The third-order valence-electron chi connectivity index (χ3n) is 4.05. The summed E-state index contributed by atoms with van der Waals surface area (Å²) in [6.45, 7) is 0. The topological polar surface area (TPSA) is 66.4 Å². The van der Waals surface area contributed by atoms with E-state index in [9.17, 15) is 14.7 Å². The third-order valence-corrected chi connectivity index (χ3v) is 4.05. The second-order valence-electron chi connectivity index (χ2n) is 5.50. The molecule has 4 nitrogen and oxygen atoms in total. The number of hydrogen-bond donors (Lipinski definition) is 2. The molecule has 4 rings (SSSR count). The number of benzene rings is 3. The van der Waals surface area contributed by atoms with E-state index >= 15 is 0 Å². The molecule has 6 heteroatoms. The summed E-state index contributed by atoms with van der Waals surface area (Å²) in [6.07, 6.45) is 0. The molecule has 0 saturated carbocycles. The van der Waals surface area contributed by atoms with Crippen LogP contribution in [0.15, 0.2) is 60.7 Å². The Morgan fingerprint density at radius 3 is 1.96 bits per heavy atom. The SMILES string of the molecule is O=C1c2ccccc2C(=O)c2c(Nc3cc[c-]cc3)ccc(O)c21.[Y].[Y]. The molecule has 0 bridgehead atoms. The number of carbonyl (C=O) groups is 2. The van der Waals surface area contributed by atoms with E-state index in [0.29, 0.717) is 16.8 Å². The van der Waals surface area contributed by atoms with Crippen molar-refractivity contribution < 1.29 is 80.1 Å². The average Bonchev–Trinajstić information content (AvgIpc) is 2.62. The molecule has 0 saturated heterocycles. The number of aromatic hydroxyl groups is 1. The fourth-order valence-electron chi connectivity index (χ4n) is 2.94. The van der Waals surface area contributed by atoms with Gasteiger partial charge in [-0.3, -0.25) is 9.59 Å². The van der Waals surface area contributed by atoms with Gasteiger partial charge in [0.1, 0.15) is 5.75 Å². The first-order valence-electron chi connectivity index (χ1n) is 7.44. The molecule has 3 aromatic rings. The predicted octanol–water partition coefficient (Wildman–Crippen LogP) is 3.71. The number of nitrogens with one attached hydrogen (secondary N) is 1. The van der Waals surface area contributed by atoms with Gasteiger partial charge in [0.15, 0.2) is 11.6 Å². The molecule has 0 spiro atoms. The van der Waals surface area contributed by atoms with E-state index < -0.39 is 0 Å². The molecule has 0 heterocycles. The first-order valence-corrected chi connectivity index (χ1v) is 7.44. The maximum absolute atomic E-state index is 12.9. The maximum Gasteiger partial charge on any atom is 0.198 e. The molecule has 0 aromatic heterocycles. The van der Waals surface area contributed by atoms with E-state index in [4.69, 9.17) is 0 Å². The maximum atomic E-state index is 12.9. The van der Waals surface area contributed by atoms with Gasteiger partial charge in [0.05, 0.1) is 11.1 Å². The van der Waals surface area contributed by atoms with E-state index in [2.05, 4.69) is 11.4 Å². The molecule has 26 heavy (non-hydrogen) atoms. The van der Waals surface area contributed by atoms with Crippen molar-refractivity contribution in [2.45, 2.75) is 0 Å². The van der Waals surface area contributed by atoms with Crippen molar-refractivity contribution >= 4 is 22.9 Å². The fourth-order valence-corrected chi connectivity index (χ4v) is 2.94. The zero-order valence-electron chi connectivity index (χ0n) is 13.7. The van der Waals surface area contributed by atoms with Crippen LogP contribution in [0.25, 0.3) is 0 Å². The minimum Gasteiger partial charge on any atom is -0.507 e. The molecule has 0 unspecified atom stereocenters. The Kier molecular flexibility index (Phi) is 7.04. The summed E-state index contributed by atoms with van der Waals surface area (Å²) in [5.41, 5.74) is 2.17. The van der Waals surface area contributed by atoms with Gasteiger partial charge < -0.3 is 10.4 Å². The van der Waals surface area contributed by atoms with Crippen LogP contribution in [0.1, 0.15) is 31.8 Å². The van der Waals surface area contributed by atoms with Crippen LogP contribution < -0.4 is 5.32 Å². The Bertz CT molecular complexity index is 988. The molecule has 2 N–H and O–H groups in total. The minimum atomic E-state index is -0.345. The van der Waals surface area contributed by atoms with E-state index in [1.165, 1.54) is 6.07 Å². The largest absolute Gasteiger partial charge is 0.507 e. The number of phenols is 1. The molecule has 1 aliphatic carbocycles. The summed E-state index contributed by atoms with van der Waals surface area (Å²) in [6, 6.07) is 19.7. The summed E-state index contributed by atoms with van der Waals surface area (Å²) in [7, 11) is 0. The van der Waals surface area contributed by atoms with Crippen molar-refractivity contribution in [2.24, 2.45) is 0 Å². The molecule has 0 fully saturated rings. The summed E-state index contributed by atoms with van der Waals surface area (Å²) in [5.74, 6) is -0.811. The predicted molar refractivity (Wildman–Crippen MR) is 90.0 cm³/mol. The van der Waals surface area contributed by atoms with Crippen LogP contribution in [-0.4, -0.2) is 16.7 Å². The first-order chi connectivity index (χ1) is 11.7. The van der Waals surface area contributed by atoms with E-state index in [1.807, 2.05) is 12.1 Å². The molecule has 1 aliphatic rings. The Hall–Kier alpha value is -1.19. The fraction of sp³-hybridized carbons (Fsp3) is 0. The Labute approximate surface area is 201 Å². The number of hydrogen-bond acceptors (Lipinski definition) is 4. The monoisotopic (exact) mass is 492 g/mol. The van der Waals surface area contributed by atoms with Crippen LogP contribution in [0.4, 0.5) is 11.4 Å². The first kappa shape index (κ1) is 21.1. The molecular weight excluding hydrogens is 480 g/mol. The van der Waals surface area contributed by atoms with E-state index in [-0.39, 0.29) is 93.9 Å². The second-order valence-corrected chi connectivity index (χ2v) is 5.50. The van der Waals surface area contributed by atoms with Crippen LogP contribution >= 0.6 is 0 Å². The molecule has 3 aromatic carbocycles. The molecule has 122 valence electrons. The van der Waals surface area contributed by atoms with Crippen molar-refractivity contribution in [3.63, 3.8) is 0 Å². The van der Waals surface area contributed by atoms with Gasteiger partial charge >= 0.3 is 0 Å². The quantitative estimate of drug-likeness (QED) is 0.331. The number of rotatable bonds is 2. The van der Waals surface area contributed by atoms with Crippen molar-refractivity contribution in [3.05, 3.63) is 89.0 Å². The van der Waals surface area contributed by atoms with Gasteiger partial charge in [-0.05, 0) is 12.1 Å². The van der Waals surface area contributed by atoms with Crippen molar-refractivity contribution in [2.75, 3.05) is 5.32 Å². The Morgan fingerprint density at radius 2 is 1.35 bits per heavy atom. The van der Waals surface area contributed by atoms with Crippen molar-refractivity contribution in [1.82, 2.24) is 0 Å². The van der Waals surface area contributed by atoms with Crippen LogP contribution in [0, 0.1) is 6.07 Å². The zero-order valence-corrected chi connectivity index (χ0v) is 19.4. The van der Waals surface area contributed by atoms with E-state index in [0.717, 1.165) is 5.69 Å². The molecule has 0 amide bonds. The number of phenolic OH excluding ortho intramolecular Hbond substituents is 1. The number of ketones is 2. The van der Waals surface area contributed by atoms with Gasteiger partial charge in [0.25, 0.3) is 0 Å². The van der Waals surface area contributed by atoms with Gasteiger partial charge in [-0.25, -0.2) is 0 Å². The van der Waals surface area contributed by atoms with Crippen LogP contribution in [-0.2, 0) is 65.4 Å². The number of fused-ring (bicyclic) bond motifs is 2. The normalized spacial score (nSPS) is 11.5. The average molecular weight is 492 g/mol. The van der Waals surface area contributed by atoms with Crippen LogP contribution in [0.3, 0.4) is 0 Å². The van der Waals surface area contributed by atoms with Crippen molar-refractivity contribution in [3.8, 4) is 5.75 Å². The molecule has 2 radical (unpaired) electrons. The molecule has 0 atom stereocenters. The van der Waals surface area contributed by atoms with Gasteiger partial charge in [-0.1, -0.05) is 30.0 Å². The number of carbonyl (C=O) groups excluding carboxylic acids is 2. The van der Waals surface area contributed by atoms with E-state index in [1.54, 1.807) is 42.5 Å². The minimum absolute atomic E-state index is 0. The smallest absolute Gasteiger partial charge is 0.198 e. The number of anilines is 2. The Morgan fingerprint density at radius 1 is 0.769 bits per heavy atom. The third kappa shape index (κ3) is 3.61. The zero-order chi connectivity index (χ0) is 16.7. The van der Waals surface area contributed by atoms with Gasteiger partial charge in [-0.2, -0.15) is 18.2 Å². The second kappa shape index (κ2) is 8.66. The molecule has 0 aliphatic heterocycles. The van der Waals surface area contributed by atoms with Gasteiger partial charge in [0.2, 0.25) is 0 Å². The van der Waals surface area contributed by atoms with Crippen LogP contribution in [0.2, 0.25) is 0 Å². The summed E-state index contributed by atoms with van der Waals surface area (Å²) in [4.78, 5) is 25.6. The van der Waals surface area contributed by atoms with Gasteiger partial charge in [-0.15, -0.1) is 12.1 Å². The Balaban J connectivity index is 0.00000121. The standard InChI is InChI=1S/C20H12NO3.2Y/c22-16-11-10-15(21-12-6-2-1-3-7-12)17-18(16)20(24)14-9-5-4-8-13(14)19(17)23;;/h2-11,21-22H;;/q-1;;.